The first-order chi connectivity index (χ1) is 10.5. The van der Waals surface area contributed by atoms with Crippen LogP contribution in [0.4, 0.5) is 0 Å². The van der Waals surface area contributed by atoms with Gasteiger partial charge in [0.1, 0.15) is 11.9 Å². The second kappa shape index (κ2) is 6.24. The van der Waals surface area contributed by atoms with E-state index in [0.717, 1.165) is 5.56 Å². The number of benzene rings is 1. The quantitative estimate of drug-likeness (QED) is 0.839. The van der Waals surface area contributed by atoms with Crippen molar-refractivity contribution >= 4 is 21.6 Å². The summed E-state index contributed by atoms with van der Waals surface area (Å²) in [6.07, 6.45) is 3.16. The summed E-state index contributed by atoms with van der Waals surface area (Å²) < 4.78 is 31.7. The highest BCUT2D eigenvalue weighted by Gasteiger charge is 2.37. The van der Waals surface area contributed by atoms with Gasteiger partial charge in [0.2, 0.25) is 10.0 Å². The fourth-order valence-electron chi connectivity index (χ4n) is 2.19. The molecule has 1 aromatic carbocycles. The Hall–Kier alpha value is -1.63. The molecule has 116 valence electrons. The lowest BCUT2D eigenvalue weighted by molar-refractivity contribution is 0.0758. The van der Waals surface area contributed by atoms with Crippen molar-refractivity contribution in [1.82, 2.24) is 9.29 Å². The third kappa shape index (κ3) is 3.58. The van der Waals surface area contributed by atoms with E-state index in [0.29, 0.717) is 23.9 Å². The van der Waals surface area contributed by atoms with Gasteiger partial charge in [-0.05, 0) is 29.8 Å². The van der Waals surface area contributed by atoms with Gasteiger partial charge in [-0.25, -0.2) is 8.42 Å². The van der Waals surface area contributed by atoms with Gasteiger partial charge in [0, 0.05) is 11.2 Å². The van der Waals surface area contributed by atoms with Crippen LogP contribution in [0.1, 0.15) is 5.56 Å². The van der Waals surface area contributed by atoms with E-state index in [1.54, 1.807) is 48.8 Å². The van der Waals surface area contributed by atoms with Crippen LogP contribution >= 0.6 is 11.6 Å². The summed E-state index contributed by atoms with van der Waals surface area (Å²) in [5.74, 6) is 0.631. The van der Waals surface area contributed by atoms with E-state index in [1.807, 2.05) is 0 Å². The molecule has 0 N–H and O–H groups in total. The lowest BCUT2D eigenvalue weighted by Crippen LogP contribution is -2.56. The third-order valence-corrected chi connectivity index (χ3v) is 5.44. The Balaban J connectivity index is 1.56. The average Bonchev–Trinajstić information content (AvgIpc) is 2.45. The van der Waals surface area contributed by atoms with Crippen LogP contribution in [-0.2, 0) is 15.8 Å². The molecule has 7 heteroatoms. The number of hydrogen-bond acceptors (Lipinski definition) is 4. The van der Waals surface area contributed by atoms with Crippen LogP contribution in [0.5, 0.6) is 5.75 Å². The number of ether oxygens (including phenoxy) is 1. The van der Waals surface area contributed by atoms with E-state index in [-0.39, 0.29) is 11.9 Å². The van der Waals surface area contributed by atoms with E-state index in [9.17, 15) is 8.42 Å². The van der Waals surface area contributed by atoms with E-state index in [4.69, 9.17) is 16.3 Å². The third-order valence-electron chi connectivity index (χ3n) is 3.41. The van der Waals surface area contributed by atoms with E-state index >= 15 is 0 Å². The molecule has 0 amide bonds. The zero-order valence-electron chi connectivity index (χ0n) is 11.7. The van der Waals surface area contributed by atoms with Gasteiger partial charge >= 0.3 is 0 Å². The molecule has 0 aliphatic carbocycles. The highest BCUT2D eigenvalue weighted by Crippen LogP contribution is 2.22. The zero-order chi connectivity index (χ0) is 15.6. The maximum Gasteiger partial charge on any atom is 0.218 e. The molecule has 3 rings (SSSR count). The largest absolute Gasteiger partial charge is 0.486 e. The van der Waals surface area contributed by atoms with Gasteiger partial charge in [-0.3, -0.25) is 4.98 Å². The van der Waals surface area contributed by atoms with E-state index < -0.39 is 10.0 Å². The van der Waals surface area contributed by atoms with Crippen LogP contribution in [0.3, 0.4) is 0 Å². The molecule has 2 aromatic rings. The molecule has 0 bridgehead atoms. The van der Waals surface area contributed by atoms with Gasteiger partial charge in [-0.15, -0.1) is 0 Å². The van der Waals surface area contributed by atoms with Crippen molar-refractivity contribution in [3.8, 4) is 5.75 Å². The van der Waals surface area contributed by atoms with Crippen LogP contribution in [0, 0.1) is 0 Å². The summed E-state index contributed by atoms with van der Waals surface area (Å²) in [5.41, 5.74) is 0.723. The topological polar surface area (TPSA) is 59.5 Å². The lowest BCUT2D eigenvalue weighted by atomic mass is 10.2. The lowest BCUT2D eigenvalue weighted by Gasteiger charge is -2.37. The van der Waals surface area contributed by atoms with Gasteiger partial charge in [-0.2, -0.15) is 4.31 Å². The molecule has 22 heavy (non-hydrogen) atoms. The normalized spacial score (nSPS) is 16.2. The fourth-order valence-corrected chi connectivity index (χ4v) is 3.90. The van der Waals surface area contributed by atoms with E-state index in [2.05, 4.69) is 4.98 Å². The van der Waals surface area contributed by atoms with Crippen molar-refractivity contribution in [3.63, 3.8) is 0 Å². The number of pyridine rings is 1. The van der Waals surface area contributed by atoms with Crippen molar-refractivity contribution in [2.75, 3.05) is 13.1 Å². The van der Waals surface area contributed by atoms with Gasteiger partial charge in [0.05, 0.1) is 25.0 Å². The molecule has 1 fully saturated rings. The Kier molecular flexibility index (Phi) is 4.33. The second-order valence-electron chi connectivity index (χ2n) is 5.13. The Morgan fingerprint density at radius 2 is 1.95 bits per heavy atom. The highest BCUT2D eigenvalue weighted by molar-refractivity contribution is 7.88. The molecule has 2 heterocycles. The van der Waals surface area contributed by atoms with Crippen molar-refractivity contribution in [1.29, 1.82) is 0 Å². The van der Waals surface area contributed by atoms with E-state index in [1.165, 1.54) is 4.31 Å². The van der Waals surface area contributed by atoms with Crippen molar-refractivity contribution in [3.05, 3.63) is 59.4 Å². The van der Waals surface area contributed by atoms with Gasteiger partial charge in [0.25, 0.3) is 0 Å². The first kappa shape index (κ1) is 15.3. The molecule has 0 spiro atoms. The Morgan fingerprint density at radius 3 is 2.59 bits per heavy atom. The molecule has 0 saturated carbocycles. The van der Waals surface area contributed by atoms with Crippen molar-refractivity contribution in [2.45, 2.75) is 11.9 Å². The molecular weight excluding hydrogens is 324 g/mol. The fraction of sp³-hybridized carbons (Fsp3) is 0.267. The van der Waals surface area contributed by atoms with Gasteiger partial charge < -0.3 is 4.74 Å². The molecule has 1 aliphatic rings. The minimum Gasteiger partial charge on any atom is -0.486 e. The predicted molar refractivity (Wildman–Crippen MR) is 84.3 cm³/mol. The summed E-state index contributed by atoms with van der Waals surface area (Å²) in [5, 5.41) is 0.593. The molecule has 0 radical (unpaired) electrons. The highest BCUT2D eigenvalue weighted by atomic mass is 35.5. The summed E-state index contributed by atoms with van der Waals surface area (Å²) >= 11 is 5.80. The first-order valence-corrected chi connectivity index (χ1v) is 8.80. The van der Waals surface area contributed by atoms with Gasteiger partial charge in [-0.1, -0.05) is 23.7 Å². The van der Waals surface area contributed by atoms with Crippen LogP contribution in [0.2, 0.25) is 5.02 Å². The second-order valence-corrected chi connectivity index (χ2v) is 7.53. The monoisotopic (exact) mass is 338 g/mol. The standard InChI is InChI=1S/C15H15ClN2O3S/c16-13-5-3-12(4-6-13)11-22(19,20)18-9-15(10-18)21-14-2-1-7-17-8-14/h1-8,15H,9-11H2. The molecule has 0 atom stereocenters. The number of sulfonamides is 1. The van der Waals surface area contributed by atoms with Gasteiger partial charge in [0.15, 0.2) is 0 Å². The number of nitrogens with zero attached hydrogens (tertiary/aromatic N) is 2. The smallest absolute Gasteiger partial charge is 0.218 e. The first-order valence-electron chi connectivity index (χ1n) is 6.82. The number of hydrogen-bond donors (Lipinski definition) is 0. The summed E-state index contributed by atoms with van der Waals surface area (Å²) in [6, 6.07) is 10.4. The average molecular weight is 339 g/mol. The predicted octanol–water partition coefficient (Wildman–Crippen LogP) is 2.33. The van der Waals surface area contributed by atoms with Crippen LogP contribution in [0.15, 0.2) is 48.8 Å². The van der Waals surface area contributed by atoms with Crippen LogP contribution in [-0.4, -0.2) is 36.9 Å². The number of aromatic nitrogens is 1. The maximum atomic E-state index is 12.3. The van der Waals surface area contributed by atoms with Crippen molar-refractivity contribution < 1.29 is 13.2 Å². The molecule has 1 saturated heterocycles. The number of halogens is 1. The molecular formula is C15H15ClN2O3S. The van der Waals surface area contributed by atoms with Crippen molar-refractivity contribution in [2.24, 2.45) is 0 Å². The number of rotatable bonds is 5. The Bertz CT molecular complexity index is 729. The van der Waals surface area contributed by atoms with Crippen LogP contribution < -0.4 is 4.74 Å². The Morgan fingerprint density at radius 1 is 1.23 bits per heavy atom. The maximum absolute atomic E-state index is 12.3. The minimum atomic E-state index is -3.32. The Labute approximate surface area is 134 Å². The van der Waals surface area contributed by atoms with Crippen LogP contribution in [0.25, 0.3) is 0 Å². The molecule has 0 unspecified atom stereocenters. The summed E-state index contributed by atoms with van der Waals surface area (Å²) in [7, 11) is -3.32. The molecule has 5 nitrogen and oxygen atoms in total. The minimum absolute atomic E-state index is 0.0240. The summed E-state index contributed by atoms with van der Waals surface area (Å²) in [6.45, 7) is 0.732. The SMILES string of the molecule is O=S(=O)(Cc1ccc(Cl)cc1)N1CC(Oc2cccnc2)C1. The molecule has 1 aromatic heterocycles. The summed E-state index contributed by atoms with van der Waals surface area (Å²) in [4.78, 5) is 3.96. The molecule has 1 aliphatic heterocycles. The zero-order valence-corrected chi connectivity index (χ0v) is 13.3.